The first-order chi connectivity index (χ1) is 17.9. The molecule has 0 saturated heterocycles. The van der Waals surface area contributed by atoms with E-state index in [1.807, 2.05) is 22.8 Å². The molecule has 8 heteroatoms. The molecular weight excluding hydrogens is 464 g/mol. The first-order valence-electron chi connectivity index (χ1n) is 13.6. The van der Waals surface area contributed by atoms with E-state index in [4.69, 9.17) is 5.10 Å². The van der Waals surface area contributed by atoms with E-state index in [0.717, 1.165) is 75.7 Å². The van der Waals surface area contributed by atoms with Crippen LogP contribution in [0.25, 0.3) is 11.1 Å². The summed E-state index contributed by atoms with van der Waals surface area (Å²) in [5.74, 6) is 1.31. The Balaban J connectivity index is 1.41. The lowest BCUT2D eigenvalue weighted by Crippen LogP contribution is -2.36. The zero-order valence-electron chi connectivity index (χ0n) is 22.1. The van der Waals surface area contributed by atoms with Gasteiger partial charge in [-0.25, -0.2) is 0 Å². The third kappa shape index (κ3) is 4.26. The van der Waals surface area contributed by atoms with Gasteiger partial charge in [0.05, 0.1) is 18.8 Å². The van der Waals surface area contributed by atoms with E-state index in [1.54, 1.807) is 6.92 Å². The van der Waals surface area contributed by atoms with Crippen LogP contribution in [0, 0.1) is 12.8 Å². The quantitative estimate of drug-likeness (QED) is 0.493. The van der Waals surface area contributed by atoms with E-state index >= 15 is 0 Å². The summed E-state index contributed by atoms with van der Waals surface area (Å²) < 4.78 is 4.12. The van der Waals surface area contributed by atoms with E-state index in [0.29, 0.717) is 12.6 Å². The lowest BCUT2D eigenvalue weighted by Gasteiger charge is -2.33. The Morgan fingerprint density at radius 2 is 1.92 bits per heavy atom. The van der Waals surface area contributed by atoms with Gasteiger partial charge < -0.3 is 14.6 Å². The Morgan fingerprint density at radius 3 is 2.62 bits per heavy atom. The van der Waals surface area contributed by atoms with Crippen molar-refractivity contribution in [2.45, 2.75) is 71.4 Å². The fourth-order valence-electron chi connectivity index (χ4n) is 6.53. The van der Waals surface area contributed by atoms with Gasteiger partial charge in [-0.15, -0.1) is 0 Å². The number of hydrogen-bond donors (Lipinski definition) is 0. The minimum absolute atomic E-state index is 0.117. The molecule has 2 aliphatic heterocycles. The van der Waals surface area contributed by atoms with E-state index in [2.05, 4.69) is 39.9 Å². The molecule has 1 aliphatic carbocycles. The van der Waals surface area contributed by atoms with Gasteiger partial charge in [0.2, 0.25) is 5.91 Å². The molecule has 3 aromatic rings. The van der Waals surface area contributed by atoms with Crippen LogP contribution in [0.3, 0.4) is 0 Å². The molecule has 2 aromatic heterocycles. The summed E-state index contributed by atoms with van der Waals surface area (Å²) in [5, 5.41) is 9.68. The Bertz CT molecular complexity index is 1350. The van der Waals surface area contributed by atoms with E-state index in [9.17, 15) is 9.59 Å². The molecule has 3 aliphatic rings. The summed E-state index contributed by atoms with van der Waals surface area (Å²) >= 11 is 0. The topological polar surface area (TPSA) is 76.3 Å². The van der Waals surface area contributed by atoms with E-state index in [1.165, 1.54) is 33.6 Å². The van der Waals surface area contributed by atoms with Gasteiger partial charge in [0, 0.05) is 68.1 Å². The van der Waals surface area contributed by atoms with Crippen molar-refractivity contribution in [3.8, 4) is 11.1 Å². The van der Waals surface area contributed by atoms with Crippen LogP contribution in [0.15, 0.2) is 24.5 Å². The molecule has 1 amide bonds. The number of aromatic nitrogens is 4. The van der Waals surface area contributed by atoms with Crippen molar-refractivity contribution in [1.82, 2.24) is 24.5 Å². The Morgan fingerprint density at radius 1 is 1.11 bits per heavy atom. The summed E-state index contributed by atoms with van der Waals surface area (Å²) in [6.07, 6.45) is 11.9. The molecule has 0 atom stereocenters. The van der Waals surface area contributed by atoms with Crippen LogP contribution in [0.2, 0.25) is 0 Å². The number of rotatable bonds is 4. The van der Waals surface area contributed by atoms with Crippen molar-refractivity contribution >= 4 is 23.7 Å². The van der Waals surface area contributed by atoms with Gasteiger partial charge in [-0.05, 0) is 74.3 Å². The lowest BCUT2D eigenvalue weighted by atomic mass is 9.87. The minimum atomic E-state index is 0.117. The molecule has 6 rings (SSSR count). The molecule has 0 N–H and O–H groups in total. The molecule has 4 heterocycles. The Labute approximate surface area is 218 Å². The van der Waals surface area contributed by atoms with Gasteiger partial charge in [0.15, 0.2) is 5.82 Å². The van der Waals surface area contributed by atoms with Crippen molar-refractivity contribution in [2.24, 2.45) is 13.0 Å². The molecule has 194 valence electrons. The van der Waals surface area contributed by atoms with Crippen molar-refractivity contribution < 1.29 is 9.59 Å². The highest BCUT2D eigenvalue weighted by Crippen LogP contribution is 2.42. The zero-order chi connectivity index (χ0) is 25.7. The molecular formula is C29H36N6O2. The van der Waals surface area contributed by atoms with Crippen LogP contribution in [0.4, 0.5) is 11.5 Å². The number of amides is 1. The predicted octanol–water partition coefficient (Wildman–Crippen LogP) is 4.51. The average Bonchev–Trinajstić information content (AvgIpc) is 3.51. The fourth-order valence-corrected chi connectivity index (χ4v) is 6.53. The van der Waals surface area contributed by atoms with Crippen LogP contribution < -0.4 is 4.90 Å². The number of aryl methyl sites for hydroxylation is 3. The normalized spacial score (nSPS) is 21.5. The first kappa shape index (κ1) is 23.9. The molecule has 37 heavy (non-hydrogen) atoms. The van der Waals surface area contributed by atoms with Gasteiger partial charge in [0.25, 0.3) is 0 Å². The highest BCUT2D eigenvalue weighted by Gasteiger charge is 2.34. The van der Waals surface area contributed by atoms with Gasteiger partial charge in [-0.3, -0.25) is 14.2 Å². The number of anilines is 2. The molecule has 0 spiro atoms. The van der Waals surface area contributed by atoms with E-state index < -0.39 is 0 Å². The van der Waals surface area contributed by atoms with Crippen LogP contribution >= 0.6 is 0 Å². The second-order valence-corrected chi connectivity index (χ2v) is 11.0. The smallest absolute Gasteiger partial charge is 0.219 e. The van der Waals surface area contributed by atoms with Crippen LogP contribution in [-0.2, 0) is 36.0 Å². The Hall–Kier alpha value is -3.42. The fraction of sp³-hybridized carbons (Fsp3) is 0.517. The van der Waals surface area contributed by atoms with Crippen molar-refractivity contribution in [1.29, 1.82) is 0 Å². The van der Waals surface area contributed by atoms with Crippen molar-refractivity contribution in [3.63, 3.8) is 0 Å². The maximum Gasteiger partial charge on any atom is 0.219 e. The Kier molecular flexibility index (Phi) is 6.13. The largest absolute Gasteiger partial charge is 0.338 e. The number of hydrogen-bond acceptors (Lipinski definition) is 5. The lowest BCUT2D eigenvalue weighted by molar-refractivity contribution is -0.129. The summed E-state index contributed by atoms with van der Waals surface area (Å²) in [6, 6.07) is 4.96. The van der Waals surface area contributed by atoms with Crippen molar-refractivity contribution in [2.75, 3.05) is 18.0 Å². The van der Waals surface area contributed by atoms with Crippen LogP contribution in [0.1, 0.15) is 67.5 Å². The highest BCUT2D eigenvalue weighted by molar-refractivity contribution is 5.77. The summed E-state index contributed by atoms with van der Waals surface area (Å²) in [4.78, 5) is 28.0. The number of fused-ring (bicyclic) bond motifs is 2. The SMILES string of the molecule is CC(=O)N1CCc2c(c(N3CCCc4cc(-c5cnn(C)c5)c(C)cc43)nn2C2CCC(C=O)CC2)C1. The monoisotopic (exact) mass is 500 g/mol. The molecule has 0 radical (unpaired) electrons. The average molecular weight is 501 g/mol. The van der Waals surface area contributed by atoms with Gasteiger partial charge in [-0.1, -0.05) is 0 Å². The maximum atomic E-state index is 12.3. The number of nitrogens with zero attached hydrogens (tertiary/aromatic N) is 6. The molecule has 8 nitrogen and oxygen atoms in total. The standard InChI is InChI=1S/C29H36N6O2/c1-19-13-28-22(14-25(19)23-15-30-32(3)16-23)5-4-11-34(28)29-26-17-33(20(2)37)12-10-27(26)35(31-29)24-8-6-21(18-36)7-9-24/h13-16,18,21,24H,4-12,17H2,1-3H3. The summed E-state index contributed by atoms with van der Waals surface area (Å²) in [7, 11) is 1.95. The highest BCUT2D eigenvalue weighted by atomic mass is 16.2. The molecule has 1 fully saturated rings. The second kappa shape index (κ2) is 9.47. The van der Waals surface area contributed by atoms with Crippen molar-refractivity contribution in [3.05, 3.63) is 46.9 Å². The zero-order valence-corrected chi connectivity index (χ0v) is 22.1. The first-order valence-corrected chi connectivity index (χ1v) is 13.6. The van der Waals surface area contributed by atoms with Gasteiger partial charge in [0.1, 0.15) is 6.29 Å². The minimum Gasteiger partial charge on any atom is -0.338 e. The molecule has 1 saturated carbocycles. The number of carbonyl (C=O) groups excluding carboxylic acids is 2. The maximum absolute atomic E-state index is 12.3. The number of aldehydes is 1. The van der Waals surface area contributed by atoms with E-state index in [-0.39, 0.29) is 11.8 Å². The van der Waals surface area contributed by atoms with Gasteiger partial charge in [-0.2, -0.15) is 10.2 Å². The third-order valence-electron chi connectivity index (χ3n) is 8.61. The van der Waals surface area contributed by atoms with Gasteiger partial charge >= 0.3 is 0 Å². The summed E-state index contributed by atoms with van der Waals surface area (Å²) in [5.41, 5.74) is 8.64. The second-order valence-electron chi connectivity index (χ2n) is 11.0. The van der Waals surface area contributed by atoms with Crippen LogP contribution in [-0.4, -0.2) is 49.7 Å². The number of carbonyl (C=O) groups is 2. The predicted molar refractivity (Wildman–Crippen MR) is 143 cm³/mol. The summed E-state index contributed by atoms with van der Waals surface area (Å²) in [6.45, 7) is 6.10. The number of benzene rings is 1. The van der Waals surface area contributed by atoms with Crippen LogP contribution in [0.5, 0.6) is 0 Å². The molecule has 0 bridgehead atoms. The molecule has 0 unspecified atom stereocenters. The third-order valence-corrected chi connectivity index (χ3v) is 8.61. The molecule has 1 aromatic carbocycles.